The van der Waals surface area contributed by atoms with E-state index in [4.69, 9.17) is 9.47 Å². The van der Waals surface area contributed by atoms with Crippen molar-refractivity contribution < 1.29 is 19.1 Å². The Morgan fingerprint density at radius 2 is 1.72 bits per heavy atom. The normalized spacial score (nSPS) is 15.1. The van der Waals surface area contributed by atoms with Gasteiger partial charge in [0.15, 0.2) is 0 Å². The van der Waals surface area contributed by atoms with Crippen molar-refractivity contribution in [2.24, 2.45) is 5.92 Å². The van der Waals surface area contributed by atoms with Gasteiger partial charge in [0.2, 0.25) is 0 Å². The topological polar surface area (TPSA) is 81.6 Å². The van der Waals surface area contributed by atoms with E-state index in [0.717, 1.165) is 30.3 Å². The van der Waals surface area contributed by atoms with E-state index >= 15 is 0 Å². The zero-order valence-corrected chi connectivity index (χ0v) is 17.1. The molecule has 1 aromatic carbocycles. The molecule has 7 nitrogen and oxygen atoms in total. The van der Waals surface area contributed by atoms with E-state index < -0.39 is 5.60 Å². The first kappa shape index (κ1) is 20.8. The van der Waals surface area contributed by atoms with Crippen molar-refractivity contribution in [2.75, 3.05) is 19.7 Å². The van der Waals surface area contributed by atoms with E-state index in [2.05, 4.69) is 9.97 Å². The monoisotopic (exact) mass is 397 g/mol. The maximum atomic E-state index is 12.1. The number of ether oxygens (including phenoxy) is 2. The second kappa shape index (κ2) is 9.03. The molecule has 2 aromatic rings. The lowest BCUT2D eigenvalue weighted by Gasteiger charge is -2.33. The fourth-order valence-electron chi connectivity index (χ4n) is 3.10. The molecule has 29 heavy (non-hydrogen) atoms. The van der Waals surface area contributed by atoms with Crippen LogP contribution in [0, 0.1) is 5.92 Å². The van der Waals surface area contributed by atoms with Crippen molar-refractivity contribution in [2.45, 2.75) is 39.2 Å². The van der Waals surface area contributed by atoms with Crippen LogP contribution in [0.2, 0.25) is 0 Å². The summed E-state index contributed by atoms with van der Waals surface area (Å²) in [5.41, 5.74) is 1.96. The molecule has 0 spiro atoms. The molecule has 0 saturated carbocycles. The van der Waals surface area contributed by atoms with E-state index in [1.165, 1.54) is 0 Å². The summed E-state index contributed by atoms with van der Waals surface area (Å²) in [6.45, 7) is 7.47. The Labute approximate surface area is 171 Å². The van der Waals surface area contributed by atoms with Crippen molar-refractivity contribution in [3.05, 3.63) is 42.2 Å². The molecule has 1 fully saturated rings. The van der Waals surface area contributed by atoms with Crippen LogP contribution in [0.5, 0.6) is 6.01 Å². The minimum absolute atomic E-state index is 0.253. The quantitative estimate of drug-likeness (QED) is 0.710. The summed E-state index contributed by atoms with van der Waals surface area (Å²) >= 11 is 0. The molecule has 1 aliphatic rings. The lowest BCUT2D eigenvalue weighted by molar-refractivity contribution is 0.0163. The second-order valence-corrected chi connectivity index (χ2v) is 8.22. The SMILES string of the molecule is CC(C)(C)OC(=O)N1CCC(COc2ncc(-c3ccc(C=O)cc3)cn2)CC1. The van der Waals surface area contributed by atoms with Gasteiger partial charge in [-0.25, -0.2) is 14.8 Å². The number of carbonyl (C=O) groups is 2. The van der Waals surface area contributed by atoms with Crippen molar-refractivity contribution in [3.63, 3.8) is 0 Å². The Morgan fingerprint density at radius 3 is 2.28 bits per heavy atom. The summed E-state index contributed by atoms with van der Waals surface area (Å²) in [4.78, 5) is 33.2. The zero-order valence-electron chi connectivity index (χ0n) is 17.1. The van der Waals surface area contributed by atoms with Gasteiger partial charge in [-0.1, -0.05) is 24.3 Å². The number of hydrogen-bond donors (Lipinski definition) is 0. The molecule has 154 valence electrons. The molecule has 0 N–H and O–H groups in total. The highest BCUT2D eigenvalue weighted by Crippen LogP contribution is 2.22. The van der Waals surface area contributed by atoms with Crippen LogP contribution >= 0.6 is 0 Å². The first-order chi connectivity index (χ1) is 13.8. The highest BCUT2D eigenvalue weighted by atomic mass is 16.6. The van der Waals surface area contributed by atoms with Gasteiger partial charge in [-0.3, -0.25) is 4.79 Å². The average Bonchev–Trinajstić information content (AvgIpc) is 2.72. The van der Waals surface area contributed by atoms with E-state index in [9.17, 15) is 9.59 Å². The Kier molecular flexibility index (Phi) is 6.46. The van der Waals surface area contributed by atoms with E-state index in [1.54, 1.807) is 29.4 Å². The summed E-state index contributed by atoms with van der Waals surface area (Å²) in [7, 11) is 0. The minimum atomic E-state index is -0.475. The maximum absolute atomic E-state index is 12.1. The van der Waals surface area contributed by atoms with Crippen LogP contribution < -0.4 is 4.74 Å². The van der Waals surface area contributed by atoms with Crippen LogP contribution in [0.4, 0.5) is 4.79 Å². The number of rotatable bonds is 5. The maximum Gasteiger partial charge on any atom is 0.410 e. The first-order valence-corrected chi connectivity index (χ1v) is 9.82. The number of likely N-dealkylation sites (tertiary alicyclic amines) is 1. The van der Waals surface area contributed by atoms with Gasteiger partial charge in [0.25, 0.3) is 0 Å². The Morgan fingerprint density at radius 1 is 1.10 bits per heavy atom. The van der Waals surface area contributed by atoms with Crippen molar-refractivity contribution in [1.82, 2.24) is 14.9 Å². The van der Waals surface area contributed by atoms with E-state index in [0.29, 0.717) is 37.2 Å². The number of piperidine rings is 1. The van der Waals surface area contributed by atoms with Gasteiger partial charge in [0.05, 0.1) is 6.61 Å². The van der Waals surface area contributed by atoms with Crippen LogP contribution in [0.25, 0.3) is 11.1 Å². The molecule has 1 saturated heterocycles. The number of benzene rings is 1. The molecule has 0 radical (unpaired) electrons. The van der Waals surface area contributed by atoms with Gasteiger partial charge in [-0.15, -0.1) is 0 Å². The molecule has 3 rings (SSSR count). The highest BCUT2D eigenvalue weighted by Gasteiger charge is 2.27. The van der Waals surface area contributed by atoms with Gasteiger partial charge < -0.3 is 14.4 Å². The van der Waals surface area contributed by atoms with Gasteiger partial charge in [0.1, 0.15) is 11.9 Å². The summed E-state index contributed by atoms with van der Waals surface area (Å²) in [6, 6.07) is 7.59. The number of carbonyl (C=O) groups excluding carboxylic acids is 2. The number of amides is 1. The summed E-state index contributed by atoms with van der Waals surface area (Å²) in [5, 5.41) is 0. The highest BCUT2D eigenvalue weighted by molar-refractivity contribution is 5.76. The average molecular weight is 397 g/mol. The van der Waals surface area contributed by atoms with E-state index in [-0.39, 0.29) is 6.09 Å². The molecule has 0 bridgehead atoms. The standard InChI is InChI=1S/C22H27N3O4/c1-22(2,3)29-21(27)25-10-8-17(9-11-25)15-28-20-23-12-19(13-24-20)18-6-4-16(14-26)5-7-18/h4-7,12-14,17H,8-11,15H2,1-3H3. The molecular formula is C22H27N3O4. The zero-order chi connectivity index (χ0) is 20.9. The lowest BCUT2D eigenvalue weighted by atomic mass is 9.98. The fraction of sp³-hybridized carbons (Fsp3) is 0.455. The summed E-state index contributed by atoms with van der Waals surface area (Å²) < 4.78 is 11.2. The third kappa shape index (κ3) is 6.01. The minimum Gasteiger partial charge on any atom is -0.463 e. The van der Waals surface area contributed by atoms with Gasteiger partial charge >= 0.3 is 12.1 Å². The lowest BCUT2D eigenvalue weighted by Crippen LogP contribution is -2.42. The Bertz CT molecular complexity index is 821. The molecule has 1 aliphatic heterocycles. The third-order valence-corrected chi connectivity index (χ3v) is 4.72. The van der Waals surface area contributed by atoms with Gasteiger partial charge in [0, 0.05) is 36.6 Å². The predicted molar refractivity (Wildman–Crippen MR) is 109 cm³/mol. The smallest absolute Gasteiger partial charge is 0.410 e. The Balaban J connectivity index is 1.46. The molecule has 2 heterocycles. The van der Waals surface area contributed by atoms with Crippen LogP contribution in [-0.4, -0.2) is 52.5 Å². The molecule has 1 amide bonds. The number of aromatic nitrogens is 2. The Hall–Kier alpha value is -2.96. The van der Waals surface area contributed by atoms with Crippen molar-refractivity contribution >= 4 is 12.4 Å². The number of aldehydes is 1. The van der Waals surface area contributed by atoms with Crippen LogP contribution in [-0.2, 0) is 4.74 Å². The van der Waals surface area contributed by atoms with Crippen LogP contribution in [0.3, 0.4) is 0 Å². The third-order valence-electron chi connectivity index (χ3n) is 4.72. The number of nitrogens with zero attached hydrogens (tertiary/aromatic N) is 3. The van der Waals surface area contributed by atoms with E-state index in [1.807, 2.05) is 32.9 Å². The molecule has 0 atom stereocenters. The number of hydrogen-bond acceptors (Lipinski definition) is 6. The fourth-order valence-corrected chi connectivity index (χ4v) is 3.10. The van der Waals surface area contributed by atoms with Gasteiger partial charge in [-0.2, -0.15) is 0 Å². The van der Waals surface area contributed by atoms with Crippen LogP contribution in [0.15, 0.2) is 36.7 Å². The molecule has 1 aromatic heterocycles. The largest absolute Gasteiger partial charge is 0.463 e. The molecule has 0 unspecified atom stereocenters. The summed E-state index contributed by atoms with van der Waals surface area (Å²) in [5.74, 6) is 0.354. The van der Waals surface area contributed by atoms with Crippen LogP contribution in [0.1, 0.15) is 44.0 Å². The molecule has 0 aliphatic carbocycles. The molecule has 7 heteroatoms. The van der Waals surface area contributed by atoms with Gasteiger partial charge in [-0.05, 0) is 45.1 Å². The first-order valence-electron chi connectivity index (χ1n) is 9.82. The predicted octanol–water partition coefficient (Wildman–Crippen LogP) is 3.98. The summed E-state index contributed by atoms with van der Waals surface area (Å²) in [6.07, 6.45) is 5.71. The molecular weight excluding hydrogens is 370 g/mol. The van der Waals surface area contributed by atoms with Crippen molar-refractivity contribution in [1.29, 1.82) is 0 Å². The second-order valence-electron chi connectivity index (χ2n) is 8.22. The van der Waals surface area contributed by atoms with Crippen molar-refractivity contribution in [3.8, 4) is 17.1 Å².